The summed E-state index contributed by atoms with van der Waals surface area (Å²) in [5.41, 5.74) is 1.91. The number of halogens is 3. The summed E-state index contributed by atoms with van der Waals surface area (Å²) in [5, 5.41) is 1.30. The molecule has 1 aromatic rings. The van der Waals surface area contributed by atoms with Crippen LogP contribution in [0.4, 0.5) is 0 Å². The minimum atomic E-state index is -0.229. The Morgan fingerprint density at radius 3 is 2.75 bits per heavy atom. The quantitative estimate of drug-likeness (QED) is 0.589. The molecule has 0 aliphatic carbocycles. The van der Waals surface area contributed by atoms with E-state index in [9.17, 15) is 4.79 Å². The molecule has 0 saturated heterocycles. The number of carbonyl (C=O) groups is 1. The van der Waals surface area contributed by atoms with Gasteiger partial charge in [0.25, 0.3) is 0 Å². The van der Waals surface area contributed by atoms with Crippen LogP contribution in [0.15, 0.2) is 16.6 Å². The summed E-state index contributed by atoms with van der Waals surface area (Å²) in [7, 11) is 0. The predicted molar refractivity (Wildman–Crippen MR) is 72.1 cm³/mol. The van der Waals surface area contributed by atoms with Crippen molar-refractivity contribution in [1.29, 1.82) is 0 Å². The molecule has 2 nitrogen and oxygen atoms in total. The number of esters is 1. The van der Waals surface area contributed by atoms with Crippen LogP contribution in [-0.4, -0.2) is 12.6 Å². The Morgan fingerprint density at radius 1 is 1.50 bits per heavy atom. The molecule has 0 N–H and O–H groups in total. The highest BCUT2D eigenvalue weighted by atomic mass is 79.9. The molecule has 0 fully saturated rings. The fraction of sp³-hybridized carbons (Fsp3) is 0.364. The van der Waals surface area contributed by atoms with Crippen molar-refractivity contribution in [3.63, 3.8) is 0 Å². The van der Waals surface area contributed by atoms with E-state index in [2.05, 4.69) is 31.9 Å². The van der Waals surface area contributed by atoms with Crippen molar-refractivity contribution in [2.45, 2.75) is 18.7 Å². The van der Waals surface area contributed by atoms with E-state index in [1.807, 2.05) is 6.07 Å². The number of benzene rings is 1. The Bertz CT molecular complexity index is 394. The first-order valence-electron chi connectivity index (χ1n) is 4.76. The zero-order valence-electron chi connectivity index (χ0n) is 8.73. The maximum absolute atomic E-state index is 11.4. The van der Waals surface area contributed by atoms with E-state index < -0.39 is 0 Å². The van der Waals surface area contributed by atoms with E-state index in [0.717, 1.165) is 15.6 Å². The predicted octanol–water partition coefficient (Wildman–Crippen LogP) is 4.10. The molecule has 88 valence electrons. The Hall–Kier alpha value is -0.0600. The standard InChI is InChI=1S/C11H11Br2ClO2/c1-2-16-11(15)5-9-7(6-12)3-8(14)4-10(9)13/h3-4H,2,5-6H2,1H3. The lowest BCUT2D eigenvalue weighted by Gasteiger charge is -2.10. The van der Waals surface area contributed by atoms with Crippen molar-refractivity contribution in [3.05, 3.63) is 32.8 Å². The van der Waals surface area contributed by atoms with Crippen molar-refractivity contribution in [2.75, 3.05) is 6.61 Å². The van der Waals surface area contributed by atoms with Crippen LogP contribution in [0.25, 0.3) is 0 Å². The van der Waals surface area contributed by atoms with E-state index in [-0.39, 0.29) is 12.4 Å². The fourth-order valence-electron chi connectivity index (χ4n) is 1.33. The van der Waals surface area contributed by atoms with Gasteiger partial charge in [-0.1, -0.05) is 43.5 Å². The number of carbonyl (C=O) groups excluding carboxylic acids is 1. The van der Waals surface area contributed by atoms with E-state index >= 15 is 0 Å². The van der Waals surface area contributed by atoms with Gasteiger partial charge in [-0.05, 0) is 30.2 Å². The molecule has 0 aromatic heterocycles. The number of hydrogen-bond acceptors (Lipinski definition) is 2. The van der Waals surface area contributed by atoms with E-state index in [4.69, 9.17) is 16.3 Å². The highest BCUT2D eigenvalue weighted by Gasteiger charge is 2.12. The molecule has 0 aliphatic heterocycles. The first-order chi connectivity index (χ1) is 7.58. The monoisotopic (exact) mass is 368 g/mol. The maximum Gasteiger partial charge on any atom is 0.310 e. The molecule has 1 rings (SSSR count). The summed E-state index contributed by atoms with van der Waals surface area (Å²) in [4.78, 5) is 11.4. The second kappa shape index (κ2) is 6.62. The van der Waals surface area contributed by atoms with Crippen molar-refractivity contribution >= 4 is 49.4 Å². The number of alkyl halides is 1. The zero-order valence-corrected chi connectivity index (χ0v) is 12.7. The highest BCUT2D eigenvalue weighted by molar-refractivity contribution is 9.10. The Morgan fingerprint density at radius 2 is 2.19 bits per heavy atom. The topological polar surface area (TPSA) is 26.3 Å². The highest BCUT2D eigenvalue weighted by Crippen LogP contribution is 2.28. The number of hydrogen-bond donors (Lipinski definition) is 0. The van der Waals surface area contributed by atoms with Crippen LogP contribution < -0.4 is 0 Å². The van der Waals surface area contributed by atoms with Gasteiger partial charge in [-0.15, -0.1) is 0 Å². The third kappa shape index (κ3) is 3.75. The van der Waals surface area contributed by atoms with Gasteiger partial charge in [-0.3, -0.25) is 4.79 Å². The van der Waals surface area contributed by atoms with Gasteiger partial charge in [0, 0.05) is 14.8 Å². The number of rotatable bonds is 4. The minimum Gasteiger partial charge on any atom is -0.466 e. The first kappa shape index (κ1) is 14.0. The molecule has 0 amide bonds. The van der Waals surface area contributed by atoms with Crippen molar-refractivity contribution < 1.29 is 9.53 Å². The Labute approximate surface area is 117 Å². The summed E-state index contributed by atoms with van der Waals surface area (Å²) in [5.74, 6) is -0.229. The van der Waals surface area contributed by atoms with Gasteiger partial charge in [-0.25, -0.2) is 0 Å². The minimum absolute atomic E-state index is 0.229. The Balaban J connectivity index is 2.98. The van der Waals surface area contributed by atoms with Gasteiger partial charge < -0.3 is 4.74 Å². The lowest BCUT2D eigenvalue weighted by Crippen LogP contribution is -2.09. The van der Waals surface area contributed by atoms with Gasteiger partial charge in [-0.2, -0.15) is 0 Å². The largest absolute Gasteiger partial charge is 0.466 e. The molecule has 0 unspecified atom stereocenters. The van der Waals surface area contributed by atoms with Crippen LogP contribution in [0.1, 0.15) is 18.1 Å². The molecule has 16 heavy (non-hydrogen) atoms. The van der Waals surface area contributed by atoms with Gasteiger partial charge in [0.2, 0.25) is 0 Å². The molecule has 5 heteroatoms. The molecule has 0 bridgehead atoms. The van der Waals surface area contributed by atoms with Gasteiger partial charge in [0.15, 0.2) is 0 Å². The normalized spacial score (nSPS) is 10.2. The zero-order chi connectivity index (χ0) is 12.1. The molecule has 0 aliphatic rings. The SMILES string of the molecule is CCOC(=O)Cc1c(Br)cc(Cl)cc1CBr. The summed E-state index contributed by atoms with van der Waals surface area (Å²) < 4.78 is 5.76. The molecule has 0 saturated carbocycles. The maximum atomic E-state index is 11.4. The molecular formula is C11H11Br2ClO2. The first-order valence-corrected chi connectivity index (χ1v) is 7.06. The third-order valence-electron chi connectivity index (χ3n) is 2.02. The average molecular weight is 370 g/mol. The summed E-state index contributed by atoms with van der Waals surface area (Å²) >= 11 is 12.7. The van der Waals surface area contributed by atoms with Crippen LogP contribution in [0, 0.1) is 0 Å². The average Bonchev–Trinajstić information content (AvgIpc) is 2.22. The van der Waals surface area contributed by atoms with Crippen molar-refractivity contribution in [3.8, 4) is 0 Å². The smallest absolute Gasteiger partial charge is 0.310 e. The summed E-state index contributed by atoms with van der Waals surface area (Å²) in [6.45, 7) is 2.19. The second-order valence-corrected chi connectivity index (χ2v) is 4.99. The second-order valence-electron chi connectivity index (χ2n) is 3.14. The summed E-state index contributed by atoms with van der Waals surface area (Å²) in [6.07, 6.45) is 0.256. The van der Waals surface area contributed by atoms with E-state index in [1.165, 1.54) is 0 Å². The van der Waals surface area contributed by atoms with Crippen LogP contribution in [0.5, 0.6) is 0 Å². The van der Waals surface area contributed by atoms with E-state index in [0.29, 0.717) is 17.0 Å². The van der Waals surface area contributed by atoms with Gasteiger partial charge >= 0.3 is 5.97 Å². The fourth-order valence-corrected chi connectivity index (χ4v) is 2.84. The molecule has 0 radical (unpaired) electrons. The van der Waals surface area contributed by atoms with Crippen LogP contribution in [-0.2, 0) is 21.3 Å². The van der Waals surface area contributed by atoms with Gasteiger partial charge in [0.05, 0.1) is 13.0 Å². The Kier molecular flexibility index (Phi) is 5.79. The van der Waals surface area contributed by atoms with Crippen LogP contribution in [0.2, 0.25) is 5.02 Å². The lowest BCUT2D eigenvalue weighted by atomic mass is 10.1. The van der Waals surface area contributed by atoms with Crippen LogP contribution in [0.3, 0.4) is 0 Å². The lowest BCUT2D eigenvalue weighted by molar-refractivity contribution is -0.142. The summed E-state index contributed by atoms with van der Waals surface area (Å²) in [6, 6.07) is 3.62. The van der Waals surface area contributed by atoms with Gasteiger partial charge in [0.1, 0.15) is 0 Å². The molecule has 0 atom stereocenters. The third-order valence-corrected chi connectivity index (χ3v) is 3.55. The van der Waals surface area contributed by atoms with Crippen molar-refractivity contribution in [2.24, 2.45) is 0 Å². The molecule has 1 aromatic carbocycles. The molecule has 0 heterocycles. The molecular weight excluding hydrogens is 359 g/mol. The molecule has 0 spiro atoms. The van der Waals surface area contributed by atoms with Crippen molar-refractivity contribution in [1.82, 2.24) is 0 Å². The van der Waals surface area contributed by atoms with Crippen LogP contribution >= 0.6 is 43.5 Å². The number of ether oxygens (including phenoxy) is 1. The van der Waals surface area contributed by atoms with E-state index in [1.54, 1.807) is 13.0 Å².